The maximum atomic E-state index is 13.5. The Morgan fingerprint density at radius 1 is 1.00 bits per heavy atom. The number of hydrogen-bond donors (Lipinski definition) is 2. The molecule has 2 aromatic heterocycles. The number of nitrogens with one attached hydrogen (secondary N) is 2. The van der Waals surface area contributed by atoms with E-state index in [1.807, 2.05) is 30.3 Å². The number of thiazole rings is 1. The van der Waals surface area contributed by atoms with Crippen LogP contribution in [-0.2, 0) is 20.9 Å². The van der Waals surface area contributed by atoms with Crippen LogP contribution in [0.4, 0.5) is 10.2 Å². The molecule has 0 bridgehead atoms. The normalized spacial score (nSPS) is 15.9. The summed E-state index contributed by atoms with van der Waals surface area (Å²) in [4.78, 5) is 59.6. The van der Waals surface area contributed by atoms with Gasteiger partial charge in [0.05, 0.1) is 16.8 Å². The van der Waals surface area contributed by atoms with E-state index in [4.69, 9.17) is 4.74 Å². The Balaban J connectivity index is 0.876. The van der Waals surface area contributed by atoms with Crippen LogP contribution in [0.1, 0.15) is 41.6 Å². The van der Waals surface area contributed by atoms with Crippen molar-refractivity contribution in [2.24, 2.45) is 0 Å². The molecule has 3 aromatic carbocycles. The van der Waals surface area contributed by atoms with E-state index in [2.05, 4.69) is 20.6 Å². The van der Waals surface area contributed by atoms with Crippen molar-refractivity contribution in [3.8, 4) is 27.4 Å². The van der Waals surface area contributed by atoms with Crippen molar-refractivity contribution in [3.05, 3.63) is 95.9 Å². The molecule has 0 saturated carbocycles. The summed E-state index contributed by atoms with van der Waals surface area (Å²) >= 11 is 1.44. The molecule has 4 heterocycles. The lowest BCUT2D eigenvalue weighted by Gasteiger charge is -2.29. The van der Waals surface area contributed by atoms with Crippen LogP contribution in [0.15, 0.2) is 79.0 Å². The molecular formula is C35H28FN5O5S. The number of pyridine rings is 1. The summed E-state index contributed by atoms with van der Waals surface area (Å²) in [5.74, 6) is -0.457. The molecule has 0 spiro atoms. The van der Waals surface area contributed by atoms with Crippen molar-refractivity contribution in [1.82, 2.24) is 20.2 Å². The Bertz CT molecular complexity index is 2030. The standard InChI is InChI=1S/C35H28FN5O5S/c36-24-8-11-27-29(17-24)47-34(38-27)21-5-3-20(4-6-21)22-7-13-30(37-18-22)39-31(42)2-1-15-46-25-9-10-26-23(16-25)19-41(35(26)45)28-12-14-32(43)40-33(28)44/h3-11,13,16-18,28H,1-2,12,14-15,19H2,(H,37,39,42)(H,40,43,44). The van der Waals surface area contributed by atoms with Gasteiger partial charge < -0.3 is 15.0 Å². The number of piperidine rings is 1. The van der Waals surface area contributed by atoms with E-state index in [0.29, 0.717) is 36.6 Å². The van der Waals surface area contributed by atoms with Gasteiger partial charge in [0.2, 0.25) is 17.7 Å². The number of benzene rings is 3. The predicted molar refractivity (Wildman–Crippen MR) is 174 cm³/mol. The predicted octanol–water partition coefficient (Wildman–Crippen LogP) is 5.72. The molecule has 1 saturated heterocycles. The van der Waals surface area contributed by atoms with Gasteiger partial charge in [0.15, 0.2) is 0 Å². The first-order valence-electron chi connectivity index (χ1n) is 15.1. The van der Waals surface area contributed by atoms with Crippen molar-refractivity contribution >= 4 is 51.0 Å². The van der Waals surface area contributed by atoms with E-state index in [-0.39, 0.29) is 42.9 Å². The summed E-state index contributed by atoms with van der Waals surface area (Å²) in [5, 5.41) is 5.93. The van der Waals surface area contributed by atoms with Crippen LogP contribution in [0, 0.1) is 5.82 Å². The van der Waals surface area contributed by atoms with Crippen molar-refractivity contribution in [1.29, 1.82) is 0 Å². The second kappa shape index (κ2) is 12.7. The summed E-state index contributed by atoms with van der Waals surface area (Å²) in [6.45, 7) is 0.567. The van der Waals surface area contributed by atoms with Crippen LogP contribution in [0.3, 0.4) is 0 Å². The Morgan fingerprint density at radius 2 is 1.81 bits per heavy atom. The Labute approximate surface area is 272 Å². The highest BCUT2D eigenvalue weighted by Gasteiger charge is 2.39. The summed E-state index contributed by atoms with van der Waals surface area (Å²) in [6.07, 6.45) is 2.91. The number of anilines is 1. The van der Waals surface area contributed by atoms with E-state index in [0.717, 1.165) is 37.5 Å². The first kappa shape index (κ1) is 30.2. The highest BCUT2D eigenvalue weighted by atomic mass is 32.1. The third-order valence-electron chi connectivity index (χ3n) is 8.16. The maximum absolute atomic E-state index is 13.5. The zero-order chi connectivity index (χ0) is 32.5. The minimum atomic E-state index is -0.668. The van der Waals surface area contributed by atoms with Gasteiger partial charge in [-0.2, -0.15) is 0 Å². The highest BCUT2D eigenvalue weighted by Crippen LogP contribution is 2.33. The molecule has 0 aliphatic carbocycles. The van der Waals surface area contributed by atoms with Crippen LogP contribution in [0.25, 0.3) is 31.9 Å². The van der Waals surface area contributed by atoms with Crippen molar-refractivity contribution in [2.45, 2.75) is 38.3 Å². The molecule has 47 heavy (non-hydrogen) atoms. The lowest BCUT2D eigenvalue weighted by molar-refractivity contribution is -0.137. The molecular weight excluding hydrogens is 621 g/mol. The topological polar surface area (TPSA) is 131 Å². The Hall–Kier alpha value is -5.49. The first-order valence-corrected chi connectivity index (χ1v) is 16.0. The summed E-state index contributed by atoms with van der Waals surface area (Å²) in [6, 6.07) is 20.6. The molecule has 1 atom stereocenters. The maximum Gasteiger partial charge on any atom is 0.255 e. The average molecular weight is 650 g/mol. The van der Waals surface area contributed by atoms with Crippen LogP contribution in [0.5, 0.6) is 5.75 Å². The fraction of sp³-hybridized carbons (Fsp3) is 0.200. The van der Waals surface area contributed by atoms with E-state index in [1.54, 1.807) is 36.5 Å². The van der Waals surface area contributed by atoms with Gasteiger partial charge in [0.25, 0.3) is 5.91 Å². The summed E-state index contributed by atoms with van der Waals surface area (Å²) < 4.78 is 20.2. The zero-order valence-electron chi connectivity index (χ0n) is 25.0. The third kappa shape index (κ3) is 6.45. The molecule has 4 amide bonds. The van der Waals surface area contributed by atoms with Crippen LogP contribution in [-0.4, -0.2) is 51.1 Å². The van der Waals surface area contributed by atoms with Gasteiger partial charge in [-0.05, 0) is 72.5 Å². The molecule has 2 aliphatic rings. The van der Waals surface area contributed by atoms with Gasteiger partial charge in [0.1, 0.15) is 28.4 Å². The second-order valence-corrected chi connectivity index (χ2v) is 12.4. The van der Waals surface area contributed by atoms with Crippen LogP contribution >= 0.6 is 11.3 Å². The monoisotopic (exact) mass is 649 g/mol. The van der Waals surface area contributed by atoms with Crippen LogP contribution < -0.4 is 15.4 Å². The molecule has 1 fully saturated rings. The number of fused-ring (bicyclic) bond motifs is 2. The molecule has 2 N–H and O–H groups in total. The lowest BCUT2D eigenvalue weighted by atomic mass is 10.0. The van der Waals surface area contributed by atoms with Gasteiger partial charge >= 0.3 is 0 Å². The minimum Gasteiger partial charge on any atom is -0.494 e. The molecule has 7 rings (SSSR count). The van der Waals surface area contributed by atoms with E-state index in [9.17, 15) is 23.6 Å². The number of imide groups is 1. The Morgan fingerprint density at radius 3 is 2.60 bits per heavy atom. The summed E-state index contributed by atoms with van der Waals surface area (Å²) in [5.41, 5.74) is 4.84. The molecule has 10 nitrogen and oxygen atoms in total. The zero-order valence-corrected chi connectivity index (χ0v) is 25.8. The number of halogens is 1. The molecule has 236 valence electrons. The molecule has 12 heteroatoms. The van der Waals surface area contributed by atoms with Crippen molar-refractivity contribution in [3.63, 3.8) is 0 Å². The number of ether oxygens (including phenoxy) is 1. The molecule has 2 aliphatic heterocycles. The molecule has 1 unspecified atom stereocenters. The number of hydrogen-bond acceptors (Lipinski definition) is 8. The van der Waals surface area contributed by atoms with E-state index in [1.165, 1.54) is 28.4 Å². The van der Waals surface area contributed by atoms with Gasteiger partial charge in [-0.15, -0.1) is 11.3 Å². The highest BCUT2D eigenvalue weighted by molar-refractivity contribution is 7.21. The number of aromatic nitrogens is 2. The fourth-order valence-corrected chi connectivity index (χ4v) is 6.73. The number of amides is 4. The van der Waals surface area contributed by atoms with Gasteiger partial charge in [-0.3, -0.25) is 24.5 Å². The SMILES string of the molecule is O=C1CCC(N2Cc3cc(OCCCC(=O)Nc4ccc(-c5ccc(-c6nc7ccc(F)cc7s6)cc5)cn4)ccc3C2=O)C(=O)N1. The average Bonchev–Trinajstić information content (AvgIpc) is 3.64. The first-order chi connectivity index (χ1) is 22.8. The van der Waals surface area contributed by atoms with Gasteiger partial charge in [-0.1, -0.05) is 24.3 Å². The fourth-order valence-electron chi connectivity index (χ4n) is 5.73. The third-order valence-corrected chi connectivity index (χ3v) is 9.23. The van der Waals surface area contributed by atoms with Crippen molar-refractivity contribution < 1.29 is 28.3 Å². The quantitative estimate of drug-likeness (QED) is 0.154. The number of rotatable bonds is 9. The van der Waals surface area contributed by atoms with Gasteiger partial charge in [-0.25, -0.2) is 14.4 Å². The van der Waals surface area contributed by atoms with Crippen molar-refractivity contribution in [2.75, 3.05) is 11.9 Å². The summed E-state index contributed by atoms with van der Waals surface area (Å²) in [7, 11) is 0. The van der Waals surface area contributed by atoms with E-state index >= 15 is 0 Å². The Kier molecular flexibility index (Phi) is 8.17. The minimum absolute atomic E-state index is 0.187. The number of nitrogens with zero attached hydrogens (tertiary/aromatic N) is 3. The second-order valence-electron chi connectivity index (χ2n) is 11.4. The van der Waals surface area contributed by atoms with E-state index < -0.39 is 11.9 Å². The largest absolute Gasteiger partial charge is 0.494 e. The number of carbonyl (C=O) groups is 4. The van der Waals surface area contributed by atoms with Crippen LogP contribution in [0.2, 0.25) is 0 Å². The smallest absolute Gasteiger partial charge is 0.255 e. The number of carbonyl (C=O) groups excluding carboxylic acids is 4. The molecule has 0 radical (unpaired) electrons. The van der Waals surface area contributed by atoms with Gasteiger partial charge in [0, 0.05) is 42.3 Å². The molecule has 5 aromatic rings. The lowest BCUT2D eigenvalue weighted by Crippen LogP contribution is -2.52.